The van der Waals surface area contributed by atoms with Crippen molar-refractivity contribution in [2.45, 2.75) is 25.9 Å². The molecule has 0 unspecified atom stereocenters. The van der Waals surface area contributed by atoms with E-state index in [4.69, 9.17) is 4.74 Å². The molecule has 0 bridgehead atoms. The van der Waals surface area contributed by atoms with Gasteiger partial charge in [-0.15, -0.1) is 0 Å². The highest BCUT2D eigenvalue weighted by atomic mass is 19.4. The molecule has 100 valence electrons. The summed E-state index contributed by atoms with van der Waals surface area (Å²) in [6, 6.07) is 4.65. The van der Waals surface area contributed by atoms with Gasteiger partial charge < -0.3 is 4.74 Å². The molecule has 0 spiro atoms. The van der Waals surface area contributed by atoms with E-state index in [1.165, 1.54) is 12.1 Å². The van der Waals surface area contributed by atoms with Gasteiger partial charge in [-0.2, -0.15) is 13.2 Å². The fourth-order valence-electron chi connectivity index (χ4n) is 1.46. The Bertz CT molecular complexity index is 382. The normalized spacial score (nSPS) is 11.6. The Kier molecular flexibility index (Phi) is 5.34. The van der Waals surface area contributed by atoms with Crippen LogP contribution >= 0.6 is 0 Å². The number of ketones is 1. The van der Waals surface area contributed by atoms with Gasteiger partial charge in [0.1, 0.15) is 5.78 Å². The summed E-state index contributed by atoms with van der Waals surface area (Å²) in [5.74, 6) is -0.0387. The van der Waals surface area contributed by atoms with Crippen LogP contribution in [0.25, 0.3) is 0 Å². The lowest BCUT2D eigenvalue weighted by Gasteiger charge is -2.07. The Balaban J connectivity index is 2.51. The molecule has 1 aromatic rings. The van der Waals surface area contributed by atoms with Gasteiger partial charge in [0.05, 0.1) is 12.2 Å². The summed E-state index contributed by atoms with van der Waals surface area (Å²) in [6.45, 7) is 2.74. The molecule has 2 nitrogen and oxygen atoms in total. The van der Waals surface area contributed by atoms with Crippen LogP contribution in [0.3, 0.4) is 0 Å². The molecule has 0 atom stereocenters. The van der Waals surface area contributed by atoms with Crippen molar-refractivity contribution in [2.75, 3.05) is 13.2 Å². The summed E-state index contributed by atoms with van der Waals surface area (Å²) < 4.78 is 41.9. The van der Waals surface area contributed by atoms with Crippen LogP contribution in [-0.4, -0.2) is 19.0 Å². The molecule has 0 N–H and O–H groups in total. The number of ether oxygens (including phenoxy) is 1. The number of carbonyl (C=O) groups excluding carboxylic acids is 1. The second-order valence-corrected chi connectivity index (χ2v) is 3.86. The lowest BCUT2D eigenvalue weighted by Crippen LogP contribution is -2.08. The number of halogens is 3. The van der Waals surface area contributed by atoms with Gasteiger partial charge >= 0.3 is 6.18 Å². The second-order valence-electron chi connectivity index (χ2n) is 3.86. The number of rotatable bonds is 6. The van der Waals surface area contributed by atoms with Gasteiger partial charge in [-0.25, -0.2) is 0 Å². The van der Waals surface area contributed by atoms with E-state index in [2.05, 4.69) is 0 Å². The fraction of sp³-hybridized carbons (Fsp3) is 0.462. The third-order valence-electron chi connectivity index (χ3n) is 2.41. The van der Waals surface area contributed by atoms with Crippen LogP contribution in [0.1, 0.15) is 24.5 Å². The van der Waals surface area contributed by atoms with Gasteiger partial charge in [0.25, 0.3) is 0 Å². The van der Waals surface area contributed by atoms with E-state index in [-0.39, 0.29) is 18.6 Å². The molecule has 0 aromatic heterocycles. The largest absolute Gasteiger partial charge is 0.416 e. The zero-order valence-electron chi connectivity index (χ0n) is 10.1. The van der Waals surface area contributed by atoms with Crippen LogP contribution in [0.4, 0.5) is 13.2 Å². The summed E-state index contributed by atoms with van der Waals surface area (Å²) in [4.78, 5) is 11.5. The van der Waals surface area contributed by atoms with E-state index in [0.29, 0.717) is 18.8 Å². The van der Waals surface area contributed by atoms with Gasteiger partial charge in [0.15, 0.2) is 0 Å². The Labute approximate surface area is 104 Å². The van der Waals surface area contributed by atoms with Crippen molar-refractivity contribution in [3.63, 3.8) is 0 Å². The number of alkyl halides is 3. The van der Waals surface area contributed by atoms with Crippen LogP contribution in [0.2, 0.25) is 0 Å². The van der Waals surface area contributed by atoms with Gasteiger partial charge in [0, 0.05) is 19.4 Å². The van der Waals surface area contributed by atoms with Gasteiger partial charge in [-0.3, -0.25) is 4.79 Å². The molecular formula is C13H15F3O2. The van der Waals surface area contributed by atoms with Crippen molar-refractivity contribution in [1.29, 1.82) is 0 Å². The topological polar surface area (TPSA) is 26.3 Å². The van der Waals surface area contributed by atoms with E-state index in [1.54, 1.807) is 0 Å². The summed E-state index contributed by atoms with van der Waals surface area (Å²) in [5, 5.41) is 0. The number of hydrogen-bond donors (Lipinski definition) is 0. The third kappa shape index (κ3) is 4.87. The monoisotopic (exact) mass is 260 g/mol. The molecule has 0 aliphatic heterocycles. The SMILES string of the molecule is CCOCCC(=O)Cc1ccc(C(F)(F)F)cc1. The standard InChI is InChI=1S/C13H15F3O2/c1-2-18-8-7-12(17)9-10-3-5-11(6-4-10)13(14,15)16/h3-6H,2,7-9H2,1H3. The minimum Gasteiger partial charge on any atom is -0.381 e. The Hall–Kier alpha value is -1.36. The molecule has 0 aliphatic rings. The second kappa shape index (κ2) is 6.54. The first-order valence-corrected chi connectivity index (χ1v) is 5.69. The smallest absolute Gasteiger partial charge is 0.381 e. The van der Waals surface area contributed by atoms with Crippen LogP contribution in [0.5, 0.6) is 0 Å². The lowest BCUT2D eigenvalue weighted by atomic mass is 10.1. The first-order valence-electron chi connectivity index (χ1n) is 5.69. The molecule has 0 aliphatic carbocycles. The number of benzene rings is 1. The first-order chi connectivity index (χ1) is 8.43. The summed E-state index contributed by atoms with van der Waals surface area (Å²) in [6.07, 6.45) is -3.91. The highest BCUT2D eigenvalue weighted by Gasteiger charge is 2.29. The van der Waals surface area contributed by atoms with Crippen molar-refractivity contribution in [2.24, 2.45) is 0 Å². The molecule has 1 aromatic carbocycles. The third-order valence-corrected chi connectivity index (χ3v) is 2.41. The van der Waals surface area contributed by atoms with E-state index in [9.17, 15) is 18.0 Å². The van der Waals surface area contributed by atoms with Crippen molar-refractivity contribution in [3.8, 4) is 0 Å². The minimum absolute atomic E-state index is 0.0387. The van der Waals surface area contributed by atoms with Gasteiger partial charge in [-0.1, -0.05) is 12.1 Å². The first kappa shape index (κ1) is 14.7. The maximum Gasteiger partial charge on any atom is 0.416 e. The van der Waals surface area contributed by atoms with Crippen LogP contribution in [0, 0.1) is 0 Å². The van der Waals surface area contributed by atoms with E-state index >= 15 is 0 Å². The zero-order valence-corrected chi connectivity index (χ0v) is 10.1. The predicted octanol–water partition coefficient (Wildman–Crippen LogP) is 3.24. The summed E-state index contributed by atoms with van der Waals surface area (Å²) in [5.41, 5.74) is -0.113. The molecule has 1 rings (SSSR count). The highest BCUT2D eigenvalue weighted by Crippen LogP contribution is 2.29. The van der Waals surface area contributed by atoms with Gasteiger partial charge in [0.2, 0.25) is 0 Å². The molecule has 5 heteroatoms. The predicted molar refractivity (Wildman–Crippen MR) is 61.3 cm³/mol. The molecular weight excluding hydrogens is 245 g/mol. The fourth-order valence-corrected chi connectivity index (χ4v) is 1.46. The van der Waals surface area contributed by atoms with Crippen LogP contribution in [-0.2, 0) is 22.1 Å². The summed E-state index contributed by atoms with van der Waals surface area (Å²) >= 11 is 0. The zero-order chi connectivity index (χ0) is 13.6. The molecule has 0 saturated carbocycles. The Morgan fingerprint density at radius 3 is 2.33 bits per heavy atom. The van der Waals surface area contributed by atoms with Crippen LogP contribution in [0.15, 0.2) is 24.3 Å². The van der Waals surface area contributed by atoms with E-state index in [1.807, 2.05) is 6.92 Å². The molecule has 0 fully saturated rings. The lowest BCUT2D eigenvalue weighted by molar-refractivity contribution is -0.137. The average Bonchev–Trinajstić information content (AvgIpc) is 2.29. The summed E-state index contributed by atoms with van der Waals surface area (Å²) in [7, 11) is 0. The van der Waals surface area contributed by atoms with Crippen LogP contribution < -0.4 is 0 Å². The molecule has 0 amide bonds. The van der Waals surface area contributed by atoms with Crippen molar-refractivity contribution >= 4 is 5.78 Å². The molecule has 18 heavy (non-hydrogen) atoms. The Morgan fingerprint density at radius 1 is 1.22 bits per heavy atom. The maximum atomic E-state index is 12.3. The molecule has 0 radical (unpaired) electrons. The number of carbonyl (C=O) groups is 1. The number of Topliss-reactive ketones (excluding diaryl/α,β-unsaturated/α-hetero) is 1. The molecule has 0 saturated heterocycles. The number of hydrogen-bond acceptors (Lipinski definition) is 2. The van der Waals surface area contributed by atoms with Crippen molar-refractivity contribution in [1.82, 2.24) is 0 Å². The van der Waals surface area contributed by atoms with Gasteiger partial charge in [-0.05, 0) is 24.6 Å². The quantitative estimate of drug-likeness (QED) is 0.734. The van der Waals surface area contributed by atoms with E-state index in [0.717, 1.165) is 12.1 Å². The molecule has 0 heterocycles. The van der Waals surface area contributed by atoms with Crippen molar-refractivity contribution in [3.05, 3.63) is 35.4 Å². The van der Waals surface area contributed by atoms with E-state index < -0.39 is 11.7 Å². The minimum atomic E-state index is -4.34. The maximum absolute atomic E-state index is 12.3. The average molecular weight is 260 g/mol. The highest BCUT2D eigenvalue weighted by molar-refractivity contribution is 5.80. The van der Waals surface area contributed by atoms with Crippen molar-refractivity contribution < 1.29 is 22.7 Å². The Morgan fingerprint density at radius 2 is 1.83 bits per heavy atom.